The van der Waals surface area contributed by atoms with Crippen LogP contribution in [0.2, 0.25) is 0 Å². The summed E-state index contributed by atoms with van der Waals surface area (Å²) >= 11 is 0. The Kier molecular flexibility index (Phi) is 4.50. The fourth-order valence-electron chi connectivity index (χ4n) is 4.89. The van der Waals surface area contributed by atoms with Crippen molar-refractivity contribution in [1.82, 2.24) is 24.5 Å². The second-order valence-corrected chi connectivity index (χ2v) is 8.81. The van der Waals surface area contributed by atoms with Gasteiger partial charge in [0.15, 0.2) is 0 Å². The number of piperazine rings is 1. The topological polar surface area (TPSA) is 52.8 Å². The molecular weight excluding hydrogens is 374 g/mol. The van der Waals surface area contributed by atoms with E-state index in [0.29, 0.717) is 5.78 Å². The van der Waals surface area contributed by atoms with Crippen molar-refractivity contribution < 1.29 is 0 Å². The van der Waals surface area contributed by atoms with Crippen LogP contribution in [0, 0.1) is 6.92 Å². The molecule has 2 aliphatic rings. The average Bonchev–Trinajstić information content (AvgIpc) is 3.28. The third-order valence-corrected chi connectivity index (χ3v) is 6.54. The Labute approximate surface area is 177 Å². The number of aromatic nitrogens is 4. The maximum absolute atomic E-state index is 4.46. The molecule has 7 nitrogen and oxygen atoms in total. The van der Waals surface area contributed by atoms with E-state index in [0.717, 1.165) is 44.2 Å². The Hall–Kier alpha value is -2.93. The molecule has 0 aliphatic carbocycles. The van der Waals surface area contributed by atoms with Crippen LogP contribution in [0.3, 0.4) is 0 Å². The van der Waals surface area contributed by atoms with E-state index in [1.807, 2.05) is 11.4 Å². The number of nitrogens with zero attached hydrogens (tertiary/aromatic N) is 7. The van der Waals surface area contributed by atoms with E-state index < -0.39 is 0 Å². The summed E-state index contributed by atoms with van der Waals surface area (Å²) in [5, 5.41) is 4.36. The zero-order chi connectivity index (χ0) is 20.9. The molecule has 0 amide bonds. The summed E-state index contributed by atoms with van der Waals surface area (Å²) in [5.41, 5.74) is 5.14. The number of para-hydroxylation sites is 1. The van der Waals surface area contributed by atoms with Crippen molar-refractivity contribution >= 4 is 17.3 Å². The molecule has 5 rings (SSSR count). The number of rotatable bonds is 3. The predicted molar refractivity (Wildman–Crippen MR) is 120 cm³/mol. The van der Waals surface area contributed by atoms with Gasteiger partial charge in [-0.15, -0.1) is 0 Å². The molecule has 0 radical (unpaired) electrons. The minimum atomic E-state index is 0.0421. The molecule has 0 unspecified atom stereocenters. The molecule has 30 heavy (non-hydrogen) atoms. The van der Waals surface area contributed by atoms with Gasteiger partial charge in [-0.3, -0.25) is 4.90 Å². The van der Waals surface area contributed by atoms with Crippen molar-refractivity contribution in [2.24, 2.45) is 0 Å². The van der Waals surface area contributed by atoms with E-state index in [9.17, 15) is 0 Å². The predicted octanol–water partition coefficient (Wildman–Crippen LogP) is 2.87. The molecule has 156 valence electrons. The van der Waals surface area contributed by atoms with Crippen LogP contribution in [-0.2, 0) is 5.41 Å². The monoisotopic (exact) mass is 403 g/mol. The summed E-state index contributed by atoms with van der Waals surface area (Å²) in [6.45, 7) is 11.6. The van der Waals surface area contributed by atoms with E-state index in [1.54, 1.807) is 6.33 Å². The first-order chi connectivity index (χ1) is 14.4. The van der Waals surface area contributed by atoms with E-state index in [2.05, 4.69) is 87.1 Å². The molecule has 4 heterocycles. The van der Waals surface area contributed by atoms with Gasteiger partial charge < -0.3 is 9.80 Å². The lowest BCUT2D eigenvalue weighted by atomic mass is 9.84. The lowest BCUT2D eigenvalue weighted by Crippen LogP contribution is -2.47. The number of fused-ring (bicyclic) bond motifs is 2. The van der Waals surface area contributed by atoms with Crippen molar-refractivity contribution in [1.29, 1.82) is 0 Å². The number of allylic oxidation sites excluding steroid dienone is 1. The zero-order valence-corrected chi connectivity index (χ0v) is 18.2. The number of anilines is 2. The van der Waals surface area contributed by atoms with Crippen molar-refractivity contribution in [3.05, 3.63) is 59.7 Å². The number of likely N-dealkylation sites (N-methyl/N-ethyl adjacent to an activating group) is 1. The van der Waals surface area contributed by atoms with Crippen LogP contribution in [0.25, 0.3) is 5.78 Å². The van der Waals surface area contributed by atoms with Gasteiger partial charge in [-0.2, -0.15) is 14.6 Å². The largest absolute Gasteiger partial charge is 0.354 e. The first-order valence-corrected chi connectivity index (χ1v) is 10.6. The summed E-state index contributed by atoms with van der Waals surface area (Å²) in [4.78, 5) is 16.0. The second-order valence-electron chi connectivity index (χ2n) is 8.81. The van der Waals surface area contributed by atoms with Gasteiger partial charge in [-0.1, -0.05) is 38.1 Å². The maximum atomic E-state index is 4.46. The minimum absolute atomic E-state index is 0.0421. The van der Waals surface area contributed by atoms with Crippen LogP contribution in [0.15, 0.2) is 48.4 Å². The van der Waals surface area contributed by atoms with Crippen LogP contribution in [0.1, 0.15) is 25.1 Å². The van der Waals surface area contributed by atoms with E-state index in [4.69, 9.17) is 0 Å². The highest BCUT2D eigenvalue weighted by atomic mass is 15.4. The molecular formula is C23H29N7. The molecule has 0 atom stereocenters. The van der Waals surface area contributed by atoms with Gasteiger partial charge in [0.2, 0.25) is 0 Å². The van der Waals surface area contributed by atoms with Crippen LogP contribution in [-0.4, -0.2) is 64.3 Å². The number of hydrogen-bond donors (Lipinski definition) is 0. The Morgan fingerprint density at radius 2 is 1.87 bits per heavy atom. The van der Waals surface area contributed by atoms with Gasteiger partial charge in [0.05, 0.1) is 0 Å². The smallest absolute Gasteiger partial charge is 0.254 e. The molecule has 3 aromatic rings. The Bertz CT molecular complexity index is 1110. The van der Waals surface area contributed by atoms with Gasteiger partial charge in [0.25, 0.3) is 5.78 Å². The third-order valence-electron chi connectivity index (χ3n) is 6.54. The highest BCUT2D eigenvalue weighted by molar-refractivity contribution is 5.69. The molecule has 2 aromatic heterocycles. The van der Waals surface area contributed by atoms with Gasteiger partial charge in [-0.25, -0.2) is 4.98 Å². The standard InChI is InChI=1S/C23H29N7/c1-17-15-21(30-22(26-17)24-16-25-30)29-13-11-28(12-14-29)10-9-20-23(2,3)18-7-5-6-8-19(18)27(20)4/h5-9,15-16H,10-14H2,1-4H3. The SMILES string of the molecule is Cc1cc(N2CCN(CC=C3N(C)c4ccccc4C3(C)C)CC2)n2ncnc2n1. The summed E-state index contributed by atoms with van der Waals surface area (Å²) in [5.74, 6) is 1.75. The molecule has 0 spiro atoms. The zero-order valence-electron chi connectivity index (χ0n) is 18.2. The highest BCUT2D eigenvalue weighted by Crippen LogP contribution is 2.46. The molecule has 0 N–H and O–H groups in total. The Balaban J connectivity index is 1.29. The van der Waals surface area contributed by atoms with Crippen molar-refractivity contribution in [2.75, 3.05) is 49.6 Å². The number of hydrogen-bond acceptors (Lipinski definition) is 6. The second kappa shape index (κ2) is 7.09. The van der Waals surface area contributed by atoms with E-state index >= 15 is 0 Å². The first-order valence-electron chi connectivity index (χ1n) is 10.6. The molecule has 2 aliphatic heterocycles. The summed E-state index contributed by atoms with van der Waals surface area (Å²) in [6, 6.07) is 10.8. The third kappa shape index (κ3) is 3.04. The fraction of sp³-hybridized carbons (Fsp3) is 0.435. The quantitative estimate of drug-likeness (QED) is 0.670. The van der Waals surface area contributed by atoms with E-state index in [-0.39, 0.29) is 5.41 Å². The molecule has 0 bridgehead atoms. The average molecular weight is 404 g/mol. The van der Waals surface area contributed by atoms with Crippen molar-refractivity contribution in [3.8, 4) is 0 Å². The van der Waals surface area contributed by atoms with Crippen LogP contribution >= 0.6 is 0 Å². The Morgan fingerprint density at radius 3 is 2.63 bits per heavy atom. The van der Waals surface area contributed by atoms with Gasteiger partial charge in [-0.05, 0) is 18.6 Å². The first kappa shape index (κ1) is 19.1. The highest BCUT2D eigenvalue weighted by Gasteiger charge is 2.38. The molecule has 1 fully saturated rings. The summed E-state index contributed by atoms with van der Waals surface area (Å²) in [7, 11) is 2.19. The van der Waals surface area contributed by atoms with Crippen LogP contribution in [0.5, 0.6) is 0 Å². The molecule has 0 saturated carbocycles. The lowest BCUT2D eigenvalue weighted by Gasteiger charge is -2.36. The molecule has 7 heteroatoms. The summed E-state index contributed by atoms with van der Waals surface area (Å²) in [6.07, 6.45) is 3.99. The lowest BCUT2D eigenvalue weighted by molar-refractivity contribution is 0.281. The minimum Gasteiger partial charge on any atom is -0.354 e. The number of aryl methyl sites for hydroxylation is 1. The van der Waals surface area contributed by atoms with Crippen LogP contribution in [0.4, 0.5) is 11.5 Å². The Morgan fingerprint density at radius 1 is 1.10 bits per heavy atom. The number of benzene rings is 1. The van der Waals surface area contributed by atoms with Crippen LogP contribution < -0.4 is 9.80 Å². The molecule has 1 saturated heterocycles. The van der Waals surface area contributed by atoms with Gasteiger partial charge >= 0.3 is 0 Å². The fourth-order valence-corrected chi connectivity index (χ4v) is 4.89. The molecule has 1 aromatic carbocycles. The summed E-state index contributed by atoms with van der Waals surface area (Å²) < 4.78 is 1.85. The van der Waals surface area contributed by atoms with E-state index in [1.165, 1.54) is 16.9 Å². The van der Waals surface area contributed by atoms with Crippen molar-refractivity contribution in [3.63, 3.8) is 0 Å². The normalized spacial score (nSPS) is 20.3. The van der Waals surface area contributed by atoms with Gasteiger partial charge in [0, 0.05) is 68.3 Å². The maximum Gasteiger partial charge on any atom is 0.254 e. The van der Waals surface area contributed by atoms with Gasteiger partial charge in [0.1, 0.15) is 12.1 Å². The van der Waals surface area contributed by atoms with Crippen molar-refractivity contribution in [2.45, 2.75) is 26.2 Å².